The van der Waals surface area contributed by atoms with E-state index >= 15 is 0 Å². The van der Waals surface area contributed by atoms with E-state index in [0.717, 1.165) is 5.56 Å². The minimum absolute atomic E-state index is 0.0755. The number of carbonyl (C=O) groups is 1. The molecule has 0 saturated heterocycles. The molecule has 2 aromatic carbocycles. The van der Waals surface area contributed by atoms with Crippen LogP contribution >= 0.6 is 11.6 Å². The summed E-state index contributed by atoms with van der Waals surface area (Å²) in [6.45, 7) is 1.96. The van der Waals surface area contributed by atoms with Crippen molar-refractivity contribution in [1.82, 2.24) is 15.1 Å². The topological polar surface area (TPSA) is 84.0 Å². The Balaban J connectivity index is 1.69. The van der Waals surface area contributed by atoms with Crippen molar-refractivity contribution in [3.05, 3.63) is 79.8 Å². The summed E-state index contributed by atoms with van der Waals surface area (Å²) in [6, 6.07) is 13.6. The van der Waals surface area contributed by atoms with Gasteiger partial charge in [-0.05, 0) is 36.8 Å². The van der Waals surface area contributed by atoms with Crippen LogP contribution in [-0.2, 0) is 11.3 Å². The number of nitrogens with zero attached hydrogens (tertiary/aromatic N) is 1. The zero-order chi connectivity index (χ0) is 18.7. The molecule has 0 radical (unpaired) electrons. The van der Waals surface area contributed by atoms with Gasteiger partial charge in [0.1, 0.15) is 0 Å². The van der Waals surface area contributed by atoms with Gasteiger partial charge >= 0.3 is 0 Å². The van der Waals surface area contributed by atoms with Crippen molar-refractivity contribution in [2.75, 3.05) is 0 Å². The van der Waals surface area contributed by atoms with Crippen molar-refractivity contribution >= 4 is 28.3 Å². The molecule has 0 aliphatic rings. The van der Waals surface area contributed by atoms with E-state index in [9.17, 15) is 14.4 Å². The van der Waals surface area contributed by atoms with Gasteiger partial charge in [0.25, 0.3) is 11.1 Å². The molecule has 7 heteroatoms. The van der Waals surface area contributed by atoms with Crippen molar-refractivity contribution in [1.29, 1.82) is 0 Å². The van der Waals surface area contributed by atoms with Gasteiger partial charge in [0.05, 0.1) is 23.4 Å². The number of hydrogen-bond acceptors (Lipinski definition) is 3. The molecular formula is C19H18ClN3O3. The fourth-order valence-corrected chi connectivity index (χ4v) is 2.89. The van der Waals surface area contributed by atoms with E-state index in [1.54, 1.807) is 36.4 Å². The van der Waals surface area contributed by atoms with Crippen molar-refractivity contribution in [3.63, 3.8) is 0 Å². The average molecular weight is 372 g/mol. The van der Waals surface area contributed by atoms with Crippen LogP contribution in [0.2, 0.25) is 5.02 Å². The first-order valence-electron chi connectivity index (χ1n) is 8.22. The molecule has 134 valence electrons. The molecule has 1 heterocycles. The van der Waals surface area contributed by atoms with Gasteiger partial charge in [-0.2, -0.15) is 0 Å². The van der Waals surface area contributed by atoms with Crippen molar-refractivity contribution in [2.24, 2.45) is 0 Å². The molecule has 0 saturated carbocycles. The van der Waals surface area contributed by atoms with Crippen molar-refractivity contribution in [3.8, 4) is 0 Å². The molecule has 1 unspecified atom stereocenters. The second-order valence-electron chi connectivity index (χ2n) is 6.03. The molecule has 0 fully saturated rings. The highest BCUT2D eigenvalue weighted by atomic mass is 35.5. The molecule has 1 atom stereocenters. The molecule has 3 aromatic rings. The van der Waals surface area contributed by atoms with Crippen LogP contribution in [0.5, 0.6) is 0 Å². The average Bonchev–Trinajstić information content (AvgIpc) is 2.64. The van der Waals surface area contributed by atoms with E-state index in [1.165, 1.54) is 4.68 Å². The van der Waals surface area contributed by atoms with Crippen molar-refractivity contribution in [2.45, 2.75) is 25.9 Å². The summed E-state index contributed by atoms with van der Waals surface area (Å²) in [4.78, 5) is 36.7. The summed E-state index contributed by atoms with van der Waals surface area (Å²) < 4.78 is 1.18. The van der Waals surface area contributed by atoms with Crippen LogP contribution < -0.4 is 16.4 Å². The quantitative estimate of drug-likeness (QED) is 0.723. The molecule has 0 aliphatic carbocycles. The van der Waals surface area contributed by atoms with Crippen LogP contribution in [0.25, 0.3) is 10.8 Å². The maximum Gasteiger partial charge on any atom is 0.273 e. The number of aromatic amines is 1. The lowest BCUT2D eigenvalue weighted by molar-refractivity contribution is -0.122. The van der Waals surface area contributed by atoms with Gasteiger partial charge in [-0.1, -0.05) is 35.9 Å². The lowest BCUT2D eigenvalue weighted by Gasteiger charge is -2.15. The summed E-state index contributed by atoms with van der Waals surface area (Å²) in [5, 5.41) is 6.70. The summed E-state index contributed by atoms with van der Waals surface area (Å²) in [5.41, 5.74) is 0.257. The van der Waals surface area contributed by atoms with E-state index in [0.29, 0.717) is 15.8 Å². The van der Waals surface area contributed by atoms with Crippen LogP contribution in [0.4, 0.5) is 0 Å². The van der Waals surface area contributed by atoms with Crippen LogP contribution in [-0.4, -0.2) is 15.7 Å². The zero-order valence-electron chi connectivity index (χ0n) is 14.2. The van der Waals surface area contributed by atoms with Crippen LogP contribution in [0.1, 0.15) is 24.9 Å². The highest BCUT2D eigenvalue weighted by Crippen LogP contribution is 2.16. The number of hydrogen-bond donors (Lipinski definition) is 2. The fourth-order valence-electron chi connectivity index (χ4n) is 2.77. The monoisotopic (exact) mass is 371 g/mol. The summed E-state index contributed by atoms with van der Waals surface area (Å²) in [7, 11) is 0. The Kier molecular flexibility index (Phi) is 5.23. The van der Waals surface area contributed by atoms with Gasteiger partial charge in [0.15, 0.2) is 0 Å². The minimum Gasteiger partial charge on any atom is -0.350 e. The zero-order valence-corrected chi connectivity index (χ0v) is 14.9. The molecule has 0 bridgehead atoms. The molecule has 0 spiro atoms. The number of aryl methyl sites for hydroxylation is 1. The second kappa shape index (κ2) is 7.58. The SMILES string of the molecule is CC(NC(=O)CCn1[nH]c(=O)c2ccccc2c1=O)c1ccc(Cl)cc1. The third-order valence-corrected chi connectivity index (χ3v) is 4.45. The van der Waals surface area contributed by atoms with E-state index < -0.39 is 0 Å². The Bertz CT molecular complexity index is 1050. The summed E-state index contributed by atoms with van der Waals surface area (Å²) in [5.74, 6) is -0.214. The number of amides is 1. The highest BCUT2D eigenvalue weighted by molar-refractivity contribution is 6.30. The van der Waals surface area contributed by atoms with Gasteiger partial charge < -0.3 is 5.32 Å². The Hall–Kier alpha value is -2.86. The van der Waals surface area contributed by atoms with Crippen LogP contribution in [0.3, 0.4) is 0 Å². The number of carbonyl (C=O) groups excluding carboxylic acids is 1. The molecule has 26 heavy (non-hydrogen) atoms. The molecule has 0 aliphatic heterocycles. The first kappa shape index (κ1) is 17.9. The lowest BCUT2D eigenvalue weighted by atomic mass is 10.1. The number of halogens is 1. The smallest absolute Gasteiger partial charge is 0.273 e. The third kappa shape index (κ3) is 3.86. The van der Waals surface area contributed by atoms with E-state index in [2.05, 4.69) is 10.4 Å². The van der Waals surface area contributed by atoms with Crippen LogP contribution in [0, 0.1) is 0 Å². The number of rotatable bonds is 5. The molecule has 3 rings (SSSR count). The lowest BCUT2D eigenvalue weighted by Crippen LogP contribution is -2.33. The summed E-state index contributed by atoms with van der Waals surface area (Å²) >= 11 is 5.86. The standard InChI is InChI=1S/C19H18ClN3O3/c1-12(13-6-8-14(20)9-7-13)21-17(24)10-11-23-19(26)16-5-3-2-4-15(16)18(25)22-23/h2-9,12H,10-11H2,1H3,(H,21,24)(H,22,25). The highest BCUT2D eigenvalue weighted by Gasteiger charge is 2.11. The third-order valence-electron chi connectivity index (χ3n) is 4.19. The molecule has 2 N–H and O–H groups in total. The fraction of sp³-hybridized carbons (Fsp3) is 0.211. The second-order valence-corrected chi connectivity index (χ2v) is 6.47. The molecular weight excluding hydrogens is 354 g/mol. The normalized spacial score (nSPS) is 12.1. The molecule has 1 amide bonds. The predicted octanol–water partition coefficient (Wildman–Crippen LogP) is 2.61. The first-order valence-corrected chi connectivity index (χ1v) is 8.60. The summed E-state index contributed by atoms with van der Waals surface area (Å²) in [6.07, 6.45) is 0.0755. The maximum absolute atomic E-state index is 12.4. The van der Waals surface area contributed by atoms with E-state index in [4.69, 9.17) is 11.6 Å². The number of fused-ring (bicyclic) bond motifs is 1. The van der Waals surface area contributed by atoms with Gasteiger partial charge in [0, 0.05) is 11.4 Å². The van der Waals surface area contributed by atoms with Gasteiger partial charge in [-0.15, -0.1) is 0 Å². The van der Waals surface area contributed by atoms with Crippen molar-refractivity contribution < 1.29 is 4.79 Å². The molecule has 6 nitrogen and oxygen atoms in total. The Morgan fingerprint density at radius 1 is 1.12 bits per heavy atom. The van der Waals surface area contributed by atoms with Gasteiger partial charge in [-0.3, -0.25) is 19.5 Å². The minimum atomic E-state index is -0.352. The number of H-pyrrole nitrogens is 1. The number of nitrogens with one attached hydrogen (secondary N) is 2. The Labute approximate surface area is 154 Å². The van der Waals surface area contributed by atoms with Gasteiger partial charge in [0.2, 0.25) is 5.91 Å². The Morgan fingerprint density at radius 2 is 1.77 bits per heavy atom. The first-order chi connectivity index (χ1) is 12.5. The number of benzene rings is 2. The number of aromatic nitrogens is 2. The predicted molar refractivity (Wildman–Crippen MR) is 101 cm³/mol. The maximum atomic E-state index is 12.4. The Morgan fingerprint density at radius 3 is 2.46 bits per heavy atom. The van der Waals surface area contributed by atoms with E-state index in [1.807, 2.05) is 19.1 Å². The molecule has 1 aromatic heterocycles. The van der Waals surface area contributed by atoms with Crippen LogP contribution in [0.15, 0.2) is 58.1 Å². The van der Waals surface area contributed by atoms with E-state index in [-0.39, 0.29) is 36.0 Å². The van der Waals surface area contributed by atoms with Gasteiger partial charge in [-0.25, -0.2) is 4.68 Å². The largest absolute Gasteiger partial charge is 0.350 e.